The van der Waals surface area contributed by atoms with Crippen molar-refractivity contribution in [1.82, 2.24) is 4.90 Å². The van der Waals surface area contributed by atoms with E-state index in [0.29, 0.717) is 6.54 Å². The van der Waals surface area contributed by atoms with Crippen molar-refractivity contribution >= 4 is 11.9 Å². The number of methoxy groups -OCH3 is 1. The monoisotopic (exact) mass is 220 g/mol. The van der Waals surface area contributed by atoms with Crippen LogP contribution in [0, 0.1) is 0 Å². The van der Waals surface area contributed by atoms with Gasteiger partial charge in [0.15, 0.2) is 6.10 Å². The zero-order chi connectivity index (χ0) is 11.8. The highest BCUT2D eigenvalue weighted by Crippen LogP contribution is 1.96. The molecule has 15 heavy (non-hydrogen) atoms. The Morgan fingerprint density at radius 1 is 1.47 bits per heavy atom. The third-order valence-electron chi connectivity index (χ3n) is 1.79. The van der Waals surface area contributed by atoms with Gasteiger partial charge >= 0.3 is 11.9 Å². The van der Waals surface area contributed by atoms with Gasteiger partial charge in [0.1, 0.15) is 0 Å². The lowest BCUT2D eigenvalue weighted by Crippen LogP contribution is -2.42. The zero-order valence-corrected chi connectivity index (χ0v) is 8.55. The number of aliphatic carboxylic acids is 2. The van der Waals surface area contributed by atoms with Gasteiger partial charge < -0.3 is 20.7 Å². The summed E-state index contributed by atoms with van der Waals surface area (Å²) in [6, 6.07) is 0. The topological polar surface area (TPSA) is 113 Å². The third kappa shape index (κ3) is 6.00. The molecular formula is C8H16N2O5. The van der Waals surface area contributed by atoms with Gasteiger partial charge in [-0.3, -0.25) is 9.69 Å². The molecule has 0 heterocycles. The number of ether oxygens (including phenoxy) is 1. The molecule has 0 aliphatic heterocycles. The fourth-order valence-electron chi connectivity index (χ4n) is 1.10. The molecule has 0 fully saturated rings. The van der Waals surface area contributed by atoms with Crippen LogP contribution in [0.3, 0.4) is 0 Å². The normalized spacial score (nSPS) is 12.7. The highest BCUT2D eigenvalue weighted by molar-refractivity contribution is 5.73. The van der Waals surface area contributed by atoms with Gasteiger partial charge in [-0.25, -0.2) is 4.79 Å². The van der Waals surface area contributed by atoms with Crippen molar-refractivity contribution in [1.29, 1.82) is 0 Å². The molecule has 4 N–H and O–H groups in total. The van der Waals surface area contributed by atoms with Crippen molar-refractivity contribution in [2.24, 2.45) is 5.73 Å². The predicted molar refractivity (Wildman–Crippen MR) is 51.6 cm³/mol. The second kappa shape index (κ2) is 7.16. The van der Waals surface area contributed by atoms with Crippen molar-refractivity contribution in [2.45, 2.75) is 6.10 Å². The van der Waals surface area contributed by atoms with Crippen molar-refractivity contribution < 1.29 is 24.5 Å². The molecule has 0 radical (unpaired) electrons. The van der Waals surface area contributed by atoms with Crippen LogP contribution < -0.4 is 5.73 Å². The molecule has 0 aromatic heterocycles. The van der Waals surface area contributed by atoms with Gasteiger partial charge in [-0.15, -0.1) is 0 Å². The Balaban J connectivity index is 4.23. The first kappa shape index (κ1) is 13.8. The number of carbonyl (C=O) groups is 2. The molecule has 0 spiro atoms. The Kier molecular flexibility index (Phi) is 6.59. The molecule has 0 amide bonds. The van der Waals surface area contributed by atoms with Gasteiger partial charge in [0.05, 0.1) is 6.54 Å². The fraction of sp³-hybridized carbons (Fsp3) is 0.750. The smallest absolute Gasteiger partial charge is 0.334 e. The number of carboxylic acid groups (broad SMARTS) is 2. The van der Waals surface area contributed by atoms with Crippen molar-refractivity contribution in [3.05, 3.63) is 0 Å². The molecule has 0 rings (SSSR count). The molecule has 1 atom stereocenters. The summed E-state index contributed by atoms with van der Waals surface area (Å²) in [6.07, 6.45) is -1.03. The molecular weight excluding hydrogens is 204 g/mol. The van der Waals surface area contributed by atoms with Crippen molar-refractivity contribution in [3.63, 3.8) is 0 Å². The van der Waals surface area contributed by atoms with E-state index in [1.54, 1.807) is 0 Å². The number of rotatable bonds is 8. The summed E-state index contributed by atoms with van der Waals surface area (Å²) in [7, 11) is 1.26. The summed E-state index contributed by atoms with van der Waals surface area (Å²) < 4.78 is 4.70. The fourth-order valence-corrected chi connectivity index (χ4v) is 1.10. The predicted octanol–water partition coefficient (Wildman–Crippen LogP) is -1.57. The van der Waals surface area contributed by atoms with Gasteiger partial charge in [0.2, 0.25) is 0 Å². The quantitative estimate of drug-likeness (QED) is 0.453. The van der Waals surface area contributed by atoms with E-state index in [4.69, 9.17) is 20.7 Å². The molecule has 0 saturated heterocycles. The lowest BCUT2D eigenvalue weighted by molar-refractivity contribution is -0.151. The first-order valence-corrected chi connectivity index (χ1v) is 4.41. The summed E-state index contributed by atoms with van der Waals surface area (Å²) in [4.78, 5) is 22.5. The van der Waals surface area contributed by atoms with Gasteiger partial charge in [-0.05, 0) is 0 Å². The lowest BCUT2D eigenvalue weighted by Gasteiger charge is -2.22. The highest BCUT2D eigenvalue weighted by Gasteiger charge is 2.21. The molecule has 0 aliphatic rings. The highest BCUT2D eigenvalue weighted by atomic mass is 16.5. The van der Waals surface area contributed by atoms with Gasteiger partial charge in [0.25, 0.3) is 0 Å². The lowest BCUT2D eigenvalue weighted by atomic mass is 10.3. The van der Waals surface area contributed by atoms with E-state index in [0.717, 1.165) is 0 Å². The van der Waals surface area contributed by atoms with Crippen LogP contribution in [0.15, 0.2) is 0 Å². The Bertz CT molecular complexity index is 221. The van der Waals surface area contributed by atoms with E-state index in [1.807, 2.05) is 0 Å². The Hall–Kier alpha value is -1.18. The maximum Gasteiger partial charge on any atom is 0.334 e. The Morgan fingerprint density at radius 2 is 2.07 bits per heavy atom. The van der Waals surface area contributed by atoms with Crippen LogP contribution in [0.2, 0.25) is 0 Å². The molecule has 1 unspecified atom stereocenters. The van der Waals surface area contributed by atoms with E-state index >= 15 is 0 Å². The second-order valence-corrected chi connectivity index (χ2v) is 2.98. The molecule has 7 heteroatoms. The minimum absolute atomic E-state index is 0.00926. The standard InChI is InChI=1S/C8H16N2O5/c1-15-6(8(13)14)4-10(3-2-9)5-7(11)12/h6H,2-5,9H2,1H3,(H,11,12)(H,13,14). The first-order chi connectivity index (χ1) is 7.01. The summed E-state index contributed by atoms with van der Waals surface area (Å²) in [5.41, 5.74) is 5.28. The SMILES string of the molecule is COC(CN(CCN)CC(=O)O)C(=O)O. The van der Waals surface area contributed by atoms with E-state index < -0.39 is 18.0 Å². The maximum atomic E-state index is 10.6. The molecule has 0 aromatic carbocycles. The minimum Gasteiger partial charge on any atom is -0.480 e. The summed E-state index contributed by atoms with van der Waals surface area (Å²) in [6.45, 7) is 0.350. The van der Waals surface area contributed by atoms with Crippen LogP contribution in [-0.4, -0.2) is 66.4 Å². The Labute approximate surface area is 87.4 Å². The molecule has 0 saturated carbocycles. The first-order valence-electron chi connectivity index (χ1n) is 4.41. The number of carboxylic acids is 2. The molecule has 0 aromatic rings. The van der Waals surface area contributed by atoms with E-state index in [1.165, 1.54) is 12.0 Å². The number of nitrogens with two attached hydrogens (primary N) is 1. The van der Waals surface area contributed by atoms with Crippen LogP contribution in [0.25, 0.3) is 0 Å². The van der Waals surface area contributed by atoms with Gasteiger partial charge in [-0.1, -0.05) is 0 Å². The van der Waals surface area contributed by atoms with Gasteiger partial charge in [0, 0.05) is 26.7 Å². The van der Waals surface area contributed by atoms with Crippen LogP contribution in [0.4, 0.5) is 0 Å². The van der Waals surface area contributed by atoms with E-state index in [-0.39, 0.29) is 19.6 Å². The average molecular weight is 220 g/mol. The molecule has 7 nitrogen and oxygen atoms in total. The van der Waals surface area contributed by atoms with Crippen molar-refractivity contribution in [3.8, 4) is 0 Å². The van der Waals surface area contributed by atoms with Gasteiger partial charge in [-0.2, -0.15) is 0 Å². The molecule has 88 valence electrons. The summed E-state index contributed by atoms with van der Waals surface area (Å²) in [5, 5.41) is 17.3. The minimum atomic E-state index is -1.12. The summed E-state index contributed by atoms with van der Waals surface area (Å²) >= 11 is 0. The van der Waals surface area contributed by atoms with Crippen LogP contribution in [0.5, 0.6) is 0 Å². The molecule has 0 bridgehead atoms. The summed E-state index contributed by atoms with van der Waals surface area (Å²) in [5.74, 6) is -2.14. The van der Waals surface area contributed by atoms with Crippen molar-refractivity contribution in [2.75, 3.05) is 33.3 Å². The number of nitrogens with zero attached hydrogens (tertiary/aromatic N) is 1. The third-order valence-corrected chi connectivity index (χ3v) is 1.79. The van der Waals surface area contributed by atoms with Crippen LogP contribution >= 0.6 is 0 Å². The van der Waals surface area contributed by atoms with E-state index in [2.05, 4.69) is 0 Å². The second-order valence-electron chi connectivity index (χ2n) is 2.98. The van der Waals surface area contributed by atoms with Crippen LogP contribution in [-0.2, 0) is 14.3 Å². The van der Waals surface area contributed by atoms with Crippen LogP contribution in [0.1, 0.15) is 0 Å². The molecule has 0 aliphatic carbocycles. The largest absolute Gasteiger partial charge is 0.480 e. The zero-order valence-electron chi connectivity index (χ0n) is 8.55. The maximum absolute atomic E-state index is 10.6. The van der Waals surface area contributed by atoms with E-state index in [9.17, 15) is 9.59 Å². The number of hydrogen-bond donors (Lipinski definition) is 3. The average Bonchev–Trinajstić information content (AvgIpc) is 2.12. The Morgan fingerprint density at radius 3 is 2.40 bits per heavy atom. The number of hydrogen-bond acceptors (Lipinski definition) is 5.